The van der Waals surface area contributed by atoms with Gasteiger partial charge in [0.15, 0.2) is 0 Å². The molecular weight excluding hydrogens is 360 g/mol. The molecule has 5 heterocycles. The molecule has 1 aromatic heterocycles. The lowest BCUT2D eigenvalue weighted by Crippen LogP contribution is -2.52. The normalized spacial score (nSPS) is 28.9. The van der Waals surface area contributed by atoms with Gasteiger partial charge in [-0.05, 0) is 65.9 Å². The van der Waals surface area contributed by atoms with Crippen LogP contribution in [0.25, 0.3) is 11.1 Å². The summed E-state index contributed by atoms with van der Waals surface area (Å²) < 4.78 is 11.7. The number of hydrogen-bond donors (Lipinski definition) is 1. The highest BCUT2D eigenvalue weighted by Gasteiger charge is 2.37. The van der Waals surface area contributed by atoms with Gasteiger partial charge in [0.2, 0.25) is 0 Å². The number of hydrogen-bond acceptors (Lipinski definition) is 5. The second-order valence-corrected chi connectivity index (χ2v) is 8.46. The van der Waals surface area contributed by atoms with Crippen LogP contribution in [0.1, 0.15) is 30.9 Å². The van der Waals surface area contributed by atoms with Gasteiger partial charge in [-0.2, -0.15) is 11.3 Å². The second-order valence-electron chi connectivity index (χ2n) is 7.68. The van der Waals surface area contributed by atoms with Gasteiger partial charge in [0.1, 0.15) is 11.9 Å². The van der Waals surface area contributed by atoms with Gasteiger partial charge >= 0.3 is 6.09 Å². The maximum atomic E-state index is 12.5. The van der Waals surface area contributed by atoms with Crippen molar-refractivity contribution >= 4 is 17.4 Å². The lowest BCUT2D eigenvalue weighted by molar-refractivity contribution is -0.0342. The van der Waals surface area contributed by atoms with E-state index >= 15 is 0 Å². The van der Waals surface area contributed by atoms with Crippen LogP contribution < -0.4 is 10.1 Å². The molecule has 1 aromatic carbocycles. The van der Waals surface area contributed by atoms with E-state index < -0.39 is 0 Å². The minimum Gasteiger partial charge on any atom is -0.493 e. The molecule has 1 unspecified atom stereocenters. The fraction of sp³-hybridized carbons (Fsp3) is 0.476. The third kappa shape index (κ3) is 3.44. The Morgan fingerprint density at radius 1 is 1.19 bits per heavy atom. The van der Waals surface area contributed by atoms with Crippen molar-refractivity contribution in [3.05, 3.63) is 40.6 Å². The van der Waals surface area contributed by atoms with Crippen LogP contribution in [-0.2, 0) is 4.74 Å². The number of piperidine rings is 3. The van der Waals surface area contributed by atoms with E-state index in [2.05, 4.69) is 45.2 Å². The van der Waals surface area contributed by atoms with Crippen LogP contribution in [0.15, 0.2) is 35.0 Å². The first-order valence-electron chi connectivity index (χ1n) is 9.75. The molecule has 4 aliphatic heterocycles. The highest BCUT2D eigenvalue weighted by Crippen LogP contribution is 2.36. The topological polar surface area (TPSA) is 50.8 Å². The molecule has 2 atom stereocenters. The number of carbonyl (C=O) groups is 1. The molecule has 0 aliphatic carbocycles. The highest BCUT2D eigenvalue weighted by molar-refractivity contribution is 7.08. The number of nitrogens with one attached hydrogen (secondary N) is 1. The van der Waals surface area contributed by atoms with Gasteiger partial charge in [0, 0.05) is 18.5 Å². The van der Waals surface area contributed by atoms with E-state index in [0.717, 1.165) is 55.8 Å². The zero-order valence-corrected chi connectivity index (χ0v) is 16.0. The number of amides is 1. The van der Waals surface area contributed by atoms with E-state index in [1.165, 1.54) is 5.56 Å². The Hall–Kier alpha value is -2.05. The lowest BCUT2D eigenvalue weighted by Gasteiger charge is -2.44. The summed E-state index contributed by atoms with van der Waals surface area (Å²) in [5.41, 5.74) is 3.37. The predicted molar refractivity (Wildman–Crippen MR) is 105 cm³/mol. The number of benzene rings is 1. The summed E-state index contributed by atoms with van der Waals surface area (Å²) in [6, 6.07) is 8.29. The maximum absolute atomic E-state index is 12.5. The van der Waals surface area contributed by atoms with Crippen molar-refractivity contribution in [1.82, 2.24) is 10.2 Å². The molecule has 2 bridgehead atoms. The van der Waals surface area contributed by atoms with Crippen LogP contribution >= 0.6 is 11.3 Å². The Morgan fingerprint density at radius 3 is 2.81 bits per heavy atom. The zero-order chi connectivity index (χ0) is 18.2. The summed E-state index contributed by atoms with van der Waals surface area (Å²) in [6.07, 6.45) is 2.79. The summed E-state index contributed by atoms with van der Waals surface area (Å²) in [6.45, 7) is 3.77. The second kappa shape index (κ2) is 7.17. The van der Waals surface area contributed by atoms with Gasteiger partial charge in [-0.1, -0.05) is 12.1 Å². The van der Waals surface area contributed by atoms with E-state index in [1.807, 2.05) is 0 Å². The Kier molecular flexibility index (Phi) is 4.53. The molecule has 0 saturated carbocycles. The minimum atomic E-state index is -0.298. The van der Waals surface area contributed by atoms with Gasteiger partial charge in [-0.15, -0.1) is 0 Å². The van der Waals surface area contributed by atoms with Gasteiger partial charge in [-0.3, -0.25) is 4.90 Å². The third-order valence-electron chi connectivity index (χ3n) is 6.05. The number of carbonyl (C=O) groups excluding carboxylic acids is 1. The van der Waals surface area contributed by atoms with Crippen molar-refractivity contribution in [3.63, 3.8) is 0 Å². The first-order chi connectivity index (χ1) is 13.3. The maximum Gasteiger partial charge on any atom is 0.407 e. The summed E-state index contributed by atoms with van der Waals surface area (Å²) in [5, 5.41) is 7.28. The van der Waals surface area contributed by atoms with Gasteiger partial charge < -0.3 is 14.8 Å². The Labute approximate surface area is 163 Å². The van der Waals surface area contributed by atoms with E-state index in [4.69, 9.17) is 9.47 Å². The highest BCUT2D eigenvalue weighted by atomic mass is 32.1. The largest absolute Gasteiger partial charge is 0.493 e. The van der Waals surface area contributed by atoms with Crippen LogP contribution in [0.3, 0.4) is 0 Å². The molecule has 6 rings (SSSR count). The monoisotopic (exact) mass is 384 g/mol. The Morgan fingerprint density at radius 2 is 2.07 bits per heavy atom. The molecule has 6 heteroatoms. The smallest absolute Gasteiger partial charge is 0.407 e. The van der Waals surface area contributed by atoms with Crippen molar-refractivity contribution in [1.29, 1.82) is 0 Å². The van der Waals surface area contributed by atoms with Crippen LogP contribution in [0.4, 0.5) is 4.79 Å². The zero-order valence-electron chi connectivity index (χ0n) is 15.2. The number of alkyl carbamates (subject to hydrolysis) is 1. The van der Waals surface area contributed by atoms with Crippen LogP contribution in [0, 0.1) is 5.92 Å². The minimum absolute atomic E-state index is 0.0350. The molecular formula is C21H24N2O3S. The molecule has 3 fully saturated rings. The SMILES string of the molecule is O=C(NC1CCOc2cc(-c3ccsc3)ccc21)O[C@@H]1CN2CCC1CC2. The number of rotatable bonds is 3. The van der Waals surface area contributed by atoms with E-state index in [1.54, 1.807) is 11.3 Å². The molecule has 4 aliphatic rings. The van der Waals surface area contributed by atoms with E-state index in [0.29, 0.717) is 12.5 Å². The molecule has 27 heavy (non-hydrogen) atoms. The van der Waals surface area contributed by atoms with Crippen LogP contribution in [0.5, 0.6) is 5.75 Å². The van der Waals surface area contributed by atoms with Crippen LogP contribution in [-0.4, -0.2) is 43.3 Å². The first-order valence-corrected chi connectivity index (χ1v) is 10.7. The fourth-order valence-electron chi connectivity index (χ4n) is 4.51. The van der Waals surface area contributed by atoms with Crippen molar-refractivity contribution in [2.45, 2.75) is 31.4 Å². The van der Waals surface area contributed by atoms with Gasteiger partial charge in [0.05, 0.1) is 12.6 Å². The molecule has 142 valence electrons. The predicted octanol–water partition coefficient (Wildman–Crippen LogP) is 4.06. The van der Waals surface area contributed by atoms with Crippen molar-refractivity contribution in [2.75, 3.05) is 26.2 Å². The average Bonchev–Trinajstić information content (AvgIpc) is 3.23. The molecule has 2 aromatic rings. The summed E-state index contributed by atoms with van der Waals surface area (Å²) in [5.74, 6) is 1.38. The fourth-order valence-corrected chi connectivity index (χ4v) is 5.17. The summed E-state index contributed by atoms with van der Waals surface area (Å²) in [7, 11) is 0. The Bertz CT molecular complexity index is 815. The molecule has 0 radical (unpaired) electrons. The molecule has 3 saturated heterocycles. The van der Waals surface area contributed by atoms with Gasteiger partial charge in [-0.25, -0.2) is 4.79 Å². The molecule has 0 spiro atoms. The lowest BCUT2D eigenvalue weighted by atomic mass is 9.86. The standard InChI is InChI=1S/C21H24N2O3S/c24-21(26-20-12-23-7-3-14(20)4-8-23)22-18-5-9-25-19-11-15(1-2-17(18)19)16-6-10-27-13-16/h1-2,6,10-11,13-14,18,20H,3-5,7-9,12H2,(H,22,24)/t18?,20-/m1/s1. The van der Waals surface area contributed by atoms with Crippen molar-refractivity contribution in [2.24, 2.45) is 5.92 Å². The van der Waals surface area contributed by atoms with Crippen molar-refractivity contribution in [3.8, 4) is 16.9 Å². The average molecular weight is 385 g/mol. The third-order valence-corrected chi connectivity index (χ3v) is 6.74. The number of thiophene rings is 1. The quantitative estimate of drug-likeness (QED) is 0.867. The number of fused-ring (bicyclic) bond motifs is 4. The first kappa shape index (κ1) is 17.1. The summed E-state index contributed by atoms with van der Waals surface area (Å²) >= 11 is 1.68. The van der Waals surface area contributed by atoms with Gasteiger partial charge in [0.25, 0.3) is 0 Å². The Balaban J connectivity index is 1.27. The molecule has 1 amide bonds. The van der Waals surface area contributed by atoms with Crippen LogP contribution in [0.2, 0.25) is 0 Å². The van der Waals surface area contributed by atoms with E-state index in [9.17, 15) is 4.79 Å². The van der Waals surface area contributed by atoms with E-state index in [-0.39, 0.29) is 18.2 Å². The molecule has 1 N–H and O–H groups in total. The van der Waals surface area contributed by atoms with Crippen molar-refractivity contribution < 1.29 is 14.3 Å². The summed E-state index contributed by atoms with van der Waals surface area (Å²) in [4.78, 5) is 14.9. The molecule has 5 nitrogen and oxygen atoms in total. The number of nitrogens with zero attached hydrogens (tertiary/aromatic N) is 1. The number of ether oxygens (including phenoxy) is 2.